The Morgan fingerprint density at radius 2 is 1.87 bits per heavy atom. The SMILES string of the molecule is CN1CCN(C(=O)/C(C#N)=C/c2ccc3c(c2)OCCO3)CC1. The van der Waals surface area contributed by atoms with E-state index in [1.54, 1.807) is 23.1 Å². The molecule has 1 saturated heterocycles. The Labute approximate surface area is 135 Å². The molecule has 3 rings (SSSR count). The lowest BCUT2D eigenvalue weighted by molar-refractivity contribution is -0.128. The lowest BCUT2D eigenvalue weighted by Gasteiger charge is -2.32. The van der Waals surface area contributed by atoms with Gasteiger partial charge in [-0.2, -0.15) is 5.26 Å². The van der Waals surface area contributed by atoms with E-state index in [4.69, 9.17) is 9.47 Å². The zero-order valence-corrected chi connectivity index (χ0v) is 13.1. The number of benzene rings is 1. The smallest absolute Gasteiger partial charge is 0.264 e. The number of hydrogen-bond donors (Lipinski definition) is 0. The molecule has 6 nitrogen and oxygen atoms in total. The molecule has 0 radical (unpaired) electrons. The molecule has 2 heterocycles. The molecule has 23 heavy (non-hydrogen) atoms. The van der Waals surface area contributed by atoms with Crippen LogP contribution in [0.15, 0.2) is 23.8 Å². The number of amides is 1. The van der Waals surface area contributed by atoms with Gasteiger partial charge in [0.2, 0.25) is 0 Å². The van der Waals surface area contributed by atoms with Crippen LogP contribution in [-0.2, 0) is 4.79 Å². The molecule has 0 atom stereocenters. The van der Waals surface area contributed by atoms with Crippen LogP contribution in [0.3, 0.4) is 0 Å². The molecule has 2 aliphatic heterocycles. The van der Waals surface area contributed by atoms with E-state index in [1.807, 2.05) is 19.2 Å². The fraction of sp³-hybridized carbons (Fsp3) is 0.412. The fourth-order valence-electron chi connectivity index (χ4n) is 2.64. The molecule has 1 aromatic rings. The van der Waals surface area contributed by atoms with Gasteiger partial charge in [-0.15, -0.1) is 0 Å². The van der Waals surface area contributed by atoms with Crippen molar-refractivity contribution in [2.24, 2.45) is 0 Å². The second-order valence-electron chi connectivity index (χ2n) is 5.67. The molecule has 0 N–H and O–H groups in total. The summed E-state index contributed by atoms with van der Waals surface area (Å²) in [5, 5.41) is 9.35. The quantitative estimate of drug-likeness (QED) is 0.605. The lowest BCUT2D eigenvalue weighted by Crippen LogP contribution is -2.47. The molecule has 0 unspecified atom stereocenters. The molecule has 1 amide bonds. The number of carbonyl (C=O) groups excluding carboxylic acids is 1. The summed E-state index contributed by atoms with van der Waals surface area (Å²) in [6.07, 6.45) is 1.61. The third kappa shape index (κ3) is 3.46. The summed E-state index contributed by atoms with van der Waals surface area (Å²) in [6, 6.07) is 7.44. The fourth-order valence-corrected chi connectivity index (χ4v) is 2.64. The summed E-state index contributed by atoms with van der Waals surface area (Å²) in [4.78, 5) is 16.4. The minimum Gasteiger partial charge on any atom is -0.486 e. The van der Waals surface area contributed by atoms with Crippen LogP contribution in [0.2, 0.25) is 0 Å². The van der Waals surface area contributed by atoms with Crippen LogP contribution in [0.25, 0.3) is 6.08 Å². The highest BCUT2D eigenvalue weighted by molar-refractivity contribution is 6.01. The highest BCUT2D eigenvalue weighted by Crippen LogP contribution is 2.31. The molecular weight excluding hydrogens is 294 g/mol. The average molecular weight is 313 g/mol. The van der Waals surface area contributed by atoms with E-state index in [-0.39, 0.29) is 11.5 Å². The van der Waals surface area contributed by atoms with Crippen molar-refractivity contribution in [3.8, 4) is 17.6 Å². The molecule has 0 saturated carbocycles. The van der Waals surface area contributed by atoms with Crippen LogP contribution >= 0.6 is 0 Å². The first-order valence-corrected chi connectivity index (χ1v) is 7.66. The molecule has 2 aliphatic rings. The van der Waals surface area contributed by atoms with Gasteiger partial charge in [0, 0.05) is 26.2 Å². The summed E-state index contributed by atoms with van der Waals surface area (Å²) in [5.74, 6) is 1.13. The molecule has 6 heteroatoms. The Morgan fingerprint density at radius 3 is 2.57 bits per heavy atom. The molecular formula is C17H19N3O3. The monoisotopic (exact) mass is 313 g/mol. The zero-order chi connectivity index (χ0) is 16.2. The first kappa shape index (κ1) is 15.4. The van der Waals surface area contributed by atoms with E-state index in [1.165, 1.54) is 0 Å². The second kappa shape index (κ2) is 6.71. The Bertz CT molecular complexity index is 670. The first-order chi connectivity index (χ1) is 11.2. The van der Waals surface area contributed by atoms with Gasteiger partial charge in [-0.1, -0.05) is 6.07 Å². The third-order valence-corrected chi connectivity index (χ3v) is 4.02. The van der Waals surface area contributed by atoms with Gasteiger partial charge in [0.15, 0.2) is 11.5 Å². The van der Waals surface area contributed by atoms with Gasteiger partial charge in [-0.3, -0.25) is 4.79 Å². The Morgan fingerprint density at radius 1 is 1.17 bits per heavy atom. The van der Waals surface area contributed by atoms with E-state index in [2.05, 4.69) is 4.90 Å². The number of carbonyl (C=O) groups is 1. The second-order valence-corrected chi connectivity index (χ2v) is 5.67. The van der Waals surface area contributed by atoms with E-state index in [9.17, 15) is 10.1 Å². The summed E-state index contributed by atoms with van der Waals surface area (Å²) < 4.78 is 11.0. The topological polar surface area (TPSA) is 65.8 Å². The number of ether oxygens (including phenoxy) is 2. The maximum Gasteiger partial charge on any atom is 0.264 e. The van der Waals surface area contributed by atoms with E-state index < -0.39 is 0 Å². The predicted molar refractivity (Wildman–Crippen MR) is 85.1 cm³/mol. The number of nitriles is 1. The van der Waals surface area contributed by atoms with Crippen LogP contribution in [0, 0.1) is 11.3 Å². The summed E-state index contributed by atoms with van der Waals surface area (Å²) in [5.41, 5.74) is 0.902. The molecule has 0 aromatic heterocycles. The van der Waals surface area contributed by atoms with Crippen molar-refractivity contribution in [3.63, 3.8) is 0 Å². The Balaban J connectivity index is 1.79. The van der Waals surface area contributed by atoms with Crippen molar-refractivity contribution >= 4 is 12.0 Å². The third-order valence-electron chi connectivity index (χ3n) is 4.02. The molecule has 1 aromatic carbocycles. The number of nitrogens with zero attached hydrogens (tertiary/aromatic N) is 3. The lowest BCUT2D eigenvalue weighted by atomic mass is 10.1. The van der Waals surface area contributed by atoms with Crippen molar-refractivity contribution in [3.05, 3.63) is 29.3 Å². The van der Waals surface area contributed by atoms with Crippen LogP contribution in [0.4, 0.5) is 0 Å². The van der Waals surface area contributed by atoms with Crippen molar-refractivity contribution in [2.45, 2.75) is 0 Å². The van der Waals surface area contributed by atoms with Crippen molar-refractivity contribution in [1.29, 1.82) is 5.26 Å². The zero-order valence-electron chi connectivity index (χ0n) is 13.1. The number of likely N-dealkylation sites (N-methyl/N-ethyl adjacent to an activating group) is 1. The summed E-state index contributed by atoms with van der Waals surface area (Å²) in [6.45, 7) is 3.99. The maximum absolute atomic E-state index is 12.5. The van der Waals surface area contributed by atoms with Gasteiger partial charge < -0.3 is 19.3 Å². The standard InChI is InChI=1S/C17H19N3O3/c1-19-4-6-20(7-5-19)17(21)14(12-18)10-13-2-3-15-16(11-13)23-9-8-22-15/h2-3,10-11H,4-9H2,1H3/b14-10+. The number of rotatable bonds is 2. The first-order valence-electron chi connectivity index (χ1n) is 7.66. The average Bonchev–Trinajstić information content (AvgIpc) is 2.59. The van der Waals surface area contributed by atoms with Gasteiger partial charge in [0.05, 0.1) is 0 Å². The van der Waals surface area contributed by atoms with Crippen molar-refractivity contribution in [2.75, 3.05) is 46.4 Å². The Hall–Kier alpha value is -2.52. The van der Waals surface area contributed by atoms with E-state index in [0.717, 1.165) is 18.7 Å². The molecule has 120 valence electrons. The van der Waals surface area contributed by atoms with Crippen molar-refractivity contribution < 1.29 is 14.3 Å². The molecule has 0 spiro atoms. The molecule has 1 fully saturated rings. The number of fused-ring (bicyclic) bond motifs is 1. The van der Waals surface area contributed by atoms with Gasteiger partial charge in [-0.25, -0.2) is 0 Å². The molecule has 0 aliphatic carbocycles. The van der Waals surface area contributed by atoms with Crippen LogP contribution in [0.1, 0.15) is 5.56 Å². The van der Waals surface area contributed by atoms with Gasteiger partial charge in [-0.05, 0) is 30.8 Å². The normalized spacial score (nSPS) is 18.4. The van der Waals surface area contributed by atoms with E-state index in [0.29, 0.717) is 37.8 Å². The number of hydrogen-bond acceptors (Lipinski definition) is 5. The predicted octanol–water partition coefficient (Wildman–Crippen LogP) is 1.14. The van der Waals surface area contributed by atoms with Gasteiger partial charge >= 0.3 is 0 Å². The minimum absolute atomic E-state index is 0.145. The summed E-state index contributed by atoms with van der Waals surface area (Å²) in [7, 11) is 2.03. The minimum atomic E-state index is -0.213. The van der Waals surface area contributed by atoms with Gasteiger partial charge in [0.1, 0.15) is 24.9 Å². The van der Waals surface area contributed by atoms with Crippen LogP contribution in [0.5, 0.6) is 11.5 Å². The number of piperazine rings is 1. The largest absolute Gasteiger partial charge is 0.486 e. The highest BCUT2D eigenvalue weighted by Gasteiger charge is 2.22. The molecule has 0 bridgehead atoms. The van der Waals surface area contributed by atoms with E-state index >= 15 is 0 Å². The maximum atomic E-state index is 12.5. The van der Waals surface area contributed by atoms with Crippen molar-refractivity contribution in [1.82, 2.24) is 9.80 Å². The Kier molecular flexibility index (Phi) is 4.49. The van der Waals surface area contributed by atoms with Gasteiger partial charge in [0.25, 0.3) is 5.91 Å². The highest BCUT2D eigenvalue weighted by atomic mass is 16.6. The van der Waals surface area contributed by atoms with Crippen LogP contribution in [-0.4, -0.2) is 62.1 Å². The van der Waals surface area contributed by atoms with Crippen LogP contribution < -0.4 is 9.47 Å². The summed E-state index contributed by atoms with van der Waals surface area (Å²) >= 11 is 0.